The molecule has 2 aromatic carbocycles. The molecule has 0 radical (unpaired) electrons. The van der Waals surface area contributed by atoms with Crippen molar-refractivity contribution in [3.05, 3.63) is 76.7 Å². The number of nitrogens with one attached hydrogen (secondary N) is 2. The lowest BCUT2D eigenvalue weighted by atomic mass is 10.1. The van der Waals surface area contributed by atoms with Crippen molar-refractivity contribution in [3.8, 4) is 6.07 Å². The predicted octanol–water partition coefficient (Wildman–Crippen LogP) is 5.01. The van der Waals surface area contributed by atoms with Crippen molar-refractivity contribution in [1.29, 1.82) is 5.26 Å². The van der Waals surface area contributed by atoms with Gasteiger partial charge < -0.3 is 15.2 Å². The van der Waals surface area contributed by atoms with Gasteiger partial charge in [0.05, 0.1) is 33.8 Å². The van der Waals surface area contributed by atoms with Gasteiger partial charge in [-0.3, -0.25) is 4.79 Å². The molecule has 0 saturated heterocycles. The van der Waals surface area contributed by atoms with Crippen LogP contribution in [-0.4, -0.2) is 24.2 Å². The van der Waals surface area contributed by atoms with E-state index in [2.05, 4.69) is 15.8 Å². The zero-order valence-electron chi connectivity index (χ0n) is 17.0. The molecule has 0 unspecified atom stereocenters. The standard InChI is InChI=1S/C22H19F3N4O2S/c1-14-10-17(31-29-14)13-32-20-5-3-2-4-18(20)21(30)28-9-8-27-19-7-6-16(22(23,24)25)11-15(19)12-26/h2-7,10-11,27H,8-9,13H2,1H3,(H,28,30). The number of carbonyl (C=O) groups excluding carboxylic acids is 1. The number of alkyl halides is 3. The topological polar surface area (TPSA) is 91.0 Å². The second-order valence-corrected chi connectivity index (χ2v) is 7.79. The molecule has 3 rings (SSSR count). The highest BCUT2D eigenvalue weighted by Crippen LogP contribution is 2.31. The second-order valence-electron chi connectivity index (χ2n) is 6.77. The largest absolute Gasteiger partial charge is 0.416 e. The van der Waals surface area contributed by atoms with E-state index in [1.807, 2.05) is 25.1 Å². The lowest BCUT2D eigenvalue weighted by molar-refractivity contribution is -0.137. The number of nitrogens with zero attached hydrogens (tertiary/aromatic N) is 2. The SMILES string of the molecule is Cc1cc(CSc2ccccc2C(=O)NCCNc2ccc(C(F)(F)F)cc2C#N)on1. The number of aryl methyl sites for hydroxylation is 1. The summed E-state index contributed by atoms with van der Waals surface area (Å²) in [6.45, 7) is 2.28. The molecule has 0 atom stereocenters. The van der Waals surface area contributed by atoms with Crippen LogP contribution in [0.2, 0.25) is 0 Å². The molecule has 1 aromatic heterocycles. The van der Waals surface area contributed by atoms with Crippen LogP contribution in [0, 0.1) is 18.3 Å². The number of carbonyl (C=O) groups is 1. The van der Waals surface area contributed by atoms with Crippen LogP contribution in [0.5, 0.6) is 0 Å². The smallest absolute Gasteiger partial charge is 0.382 e. The van der Waals surface area contributed by atoms with E-state index in [0.717, 1.165) is 22.7 Å². The van der Waals surface area contributed by atoms with E-state index in [-0.39, 0.29) is 30.2 Å². The van der Waals surface area contributed by atoms with E-state index in [9.17, 15) is 18.0 Å². The maximum absolute atomic E-state index is 12.8. The van der Waals surface area contributed by atoms with Crippen molar-refractivity contribution in [2.75, 3.05) is 18.4 Å². The van der Waals surface area contributed by atoms with E-state index in [1.54, 1.807) is 18.2 Å². The quantitative estimate of drug-likeness (QED) is 0.363. The summed E-state index contributed by atoms with van der Waals surface area (Å²) >= 11 is 1.45. The fourth-order valence-electron chi connectivity index (χ4n) is 2.85. The van der Waals surface area contributed by atoms with Crippen LogP contribution in [0.25, 0.3) is 0 Å². The molecule has 1 heterocycles. The molecule has 2 N–H and O–H groups in total. The van der Waals surface area contributed by atoms with Crippen molar-refractivity contribution in [1.82, 2.24) is 10.5 Å². The zero-order valence-corrected chi connectivity index (χ0v) is 17.8. The summed E-state index contributed by atoms with van der Waals surface area (Å²) in [5.74, 6) is 0.950. The summed E-state index contributed by atoms with van der Waals surface area (Å²) in [7, 11) is 0. The molecule has 0 aliphatic rings. The summed E-state index contributed by atoms with van der Waals surface area (Å²) in [6, 6.07) is 13.6. The summed E-state index contributed by atoms with van der Waals surface area (Å²) in [5, 5.41) is 18.6. The fraction of sp³-hybridized carbons (Fsp3) is 0.227. The zero-order chi connectivity index (χ0) is 23.1. The van der Waals surface area contributed by atoms with Crippen LogP contribution in [-0.2, 0) is 11.9 Å². The highest BCUT2D eigenvalue weighted by molar-refractivity contribution is 7.98. The van der Waals surface area contributed by atoms with Gasteiger partial charge in [0.15, 0.2) is 0 Å². The molecule has 6 nitrogen and oxygen atoms in total. The Labute approximate surface area is 186 Å². The van der Waals surface area contributed by atoms with Gasteiger partial charge in [0.2, 0.25) is 0 Å². The highest BCUT2D eigenvalue weighted by atomic mass is 32.2. The van der Waals surface area contributed by atoms with Crippen molar-refractivity contribution < 1.29 is 22.5 Å². The first-order valence-electron chi connectivity index (χ1n) is 9.55. The van der Waals surface area contributed by atoms with Gasteiger partial charge in [-0.15, -0.1) is 11.8 Å². The van der Waals surface area contributed by atoms with Crippen molar-refractivity contribution in [2.24, 2.45) is 0 Å². The number of rotatable bonds is 8. The molecule has 0 bridgehead atoms. The Bertz CT molecular complexity index is 1140. The van der Waals surface area contributed by atoms with Crippen molar-refractivity contribution >= 4 is 23.4 Å². The summed E-state index contributed by atoms with van der Waals surface area (Å²) in [5.41, 5.74) is 0.554. The van der Waals surface area contributed by atoms with Crippen LogP contribution in [0.3, 0.4) is 0 Å². The Hall–Kier alpha value is -3.45. The number of hydrogen-bond acceptors (Lipinski definition) is 6. The van der Waals surface area contributed by atoms with Gasteiger partial charge >= 0.3 is 6.18 Å². The molecule has 0 saturated carbocycles. The third kappa shape index (κ3) is 6.04. The van der Waals surface area contributed by atoms with E-state index >= 15 is 0 Å². The number of aromatic nitrogens is 1. The Balaban J connectivity index is 1.55. The first kappa shape index (κ1) is 23.2. The maximum atomic E-state index is 12.8. The monoisotopic (exact) mass is 460 g/mol. The van der Waals surface area contributed by atoms with Gasteiger partial charge in [0.1, 0.15) is 11.8 Å². The number of halogens is 3. The van der Waals surface area contributed by atoms with Crippen LogP contribution in [0.15, 0.2) is 57.9 Å². The van der Waals surface area contributed by atoms with Gasteiger partial charge in [0, 0.05) is 24.1 Å². The average Bonchev–Trinajstić information content (AvgIpc) is 3.19. The first-order valence-corrected chi connectivity index (χ1v) is 10.5. The van der Waals surface area contributed by atoms with Crippen LogP contribution in [0.1, 0.15) is 32.9 Å². The number of nitriles is 1. The van der Waals surface area contributed by atoms with E-state index in [1.165, 1.54) is 17.8 Å². The number of hydrogen-bond donors (Lipinski definition) is 2. The Morgan fingerprint density at radius 3 is 2.66 bits per heavy atom. The molecule has 0 spiro atoms. The third-order valence-electron chi connectivity index (χ3n) is 4.37. The second kappa shape index (κ2) is 10.2. The van der Waals surface area contributed by atoms with E-state index in [4.69, 9.17) is 9.78 Å². The van der Waals surface area contributed by atoms with E-state index < -0.39 is 11.7 Å². The third-order valence-corrected chi connectivity index (χ3v) is 5.47. The number of anilines is 1. The molecule has 1 amide bonds. The fourth-order valence-corrected chi connectivity index (χ4v) is 3.77. The summed E-state index contributed by atoms with van der Waals surface area (Å²) in [4.78, 5) is 13.4. The average molecular weight is 460 g/mol. The Kier molecular flexibility index (Phi) is 7.43. The van der Waals surface area contributed by atoms with Crippen LogP contribution >= 0.6 is 11.8 Å². The summed E-state index contributed by atoms with van der Waals surface area (Å²) < 4.78 is 43.6. The molecular formula is C22H19F3N4O2S. The molecule has 3 aromatic rings. The molecular weight excluding hydrogens is 441 g/mol. The normalized spacial score (nSPS) is 11.1. The lowest BCUT2D eigenvalue weighted by Gasteiger charge is -2.13. The molecule has 32 heavy (non-hydrogen) atoms. The minimum Gasteiger partial charge on any atom is -0.382 e. The highest BCUT2D eigenvalue weighted by Gasteiger charge is 2.31. The van der Waals surface area contributed by atoms with Crippen molar-refractivity contribution in [2.45, 2.75) is 23.7 Å². The number of amides is 1. The minimum absolute atomic E-state index is 0.115. The number of thioether (sulfide) groups is 1. The molecule has 0 fully saturated rings. The molecule has 166 valence electrons. The number of benzene rings is 2. The molecule has 10 heteroatoms. The van der Waals surface area contributed by atoms with Gasteiger partial charge in [-0.05, 0) is 37.3 Å². The summed E-state index contributed by atoms with van der Waals surface area (Å²) in [6.07, 6.45) is -4.52. The Morgan fingerprint density at radius 1 is 1.19 bits per heavy atom. The molecule has 0 aliphatic heterocycles. The van der Waals surface area contributed by atoms with Gasteiger partial charge in [-0.25, -0.2) is 0 Å². The van der Waals surface area contributed by atoms with Crippen molar-refractivity contribution in [3.63, 3.8) is 0 Å². The van der Waals surface area contributed by atoms with Gasteiger partial charge in [-0.2, -0.15) is 18.4 Å². The minimum atomic E-state index is -4.52. The van der Waals surface area contributed by atoms with Crippen LogP contribution in [0.4, 0.5) is 18.9 Å². The Morgan fingerprint density at radius 2 is 1.97 bits per heavy atom. The predicted molar refractivity (Wildman–Crippen MR) is 114 cm³/mol. The van der Waals surface area contributed by atoms with Crippen LogP contribution < -0.4 is 10.6 Å². The lowest BCUT2D eigenvalue weighted by Crippen LogP contribution is -2.29. The first-order chi connectivity index (χ1) is 15.3. The van der Waals surface area contributed by atoms with Gasteiger partial charge in [-0.1, -0.05) is 17.3 Å². The maximum Gasteiger partial charge on any atom is 0.416 e. The van der Waals surface area contributed by atoms with E-state index in [0.29, 0.717) is 17.1 Å². The molecule has 0 aliphatic carbocycles. The van der Waals surface area contributed by atoms with Gasteiger partial charge in [0.25, 0.3) is 5.91 Å².